The van der Waals surface area contributed by atoms with E-state index in [1.54, 1.807) is 0 Å². The molecule has 0 atom stereocenters. The second-order valence-electron chi connectivity index (χ2n) is 1.43. The van der Waals surface area contributed by atoms with Gasteiger partial charge < -0.3 is 17.2 Å². The summed E-state index contributed by atoms with van der Waals surface area (Å²) in [4.78, 5) is 0. The zero-order valence-electron chi connectivity index (χ0n) is 9.14. The van der Waals surface area contributed by atoms with Crippen LogP contribution in [0.2, 0.25) is 0 Å². The monoisotopic (exact) mass is 177 g/mol. The molecule has 3 nitrogen and oxygen atoms in total. The third kappa shape index (κ3) is 104. The van der Waals surface area contributed by atoms with Crippen molar-refractivity contribution < 1.29 is 0 Å². The summed E-state index contributed by atoms with van der Waals surface area (Å²) in [5.41, 5.74) is 13.5. The molecule has 0 saturated carbocycles. The van der Waals surface area contributed by atoms with E-state index in [2.05, 4.69) is 30.7 Å². The van der Waals surface area contributed by atoms with Gasteiger partial charge in [0.15, 0.2) is 0 Å². The smallest absolute Gasteiger partial charge is 0.0195 e. The van der Waals surface area contributed by atoms with Crippen LogP contribution >= 0.6 is 0 Å². The summed E-state index contributed by atoms with van der Waals surface area (Å²) >= 11 is 0. The van der Waals surface area contributed by atoms with E-state index in [4.69, 9.17) is 0 Å². The van der Waals surface area contributed by atoms with Gasteiger partial charge >= 0.3 is 0 Å². The number of rotatable bonds is 3. The van der Waals surface area contributed by atoms with Gasteiger partial charge in [0.2, 0.25) is 0 Å². The molecule has 0 aromatic heterocycles. The first-order valence-corrected chi connectivity index (χ1v) is 4.26. The average Bonchev–Trinajstić information content (AvgIpc) is 2.24. The van der Waals surface area contributed by atoms with Crippen LogP contribution in [0.3, 0.4) is 0 Å². The van der Waals surface area contributed by atoms with Gasteiger partial charge in [0.25, 0.3) is 0 Å². The van der Waals surface area contributed by atoms with E-state index in [9.17, 15) is 0 Å². The van der Waals surface area contributed by atoms with Gasteiger partial charge in [-0.1, -0.05) is 25.8 Å². The van der Waals surface area contributed by atoms with E-state index < -0.39 is 0 Å². The fourth-order valence-corrected chi connectivity index (χ4v) is 0.348. The Bertz CT molecular complexity index is 38.8. The van der Waals surface area contributed by atoms with Gasteiger partial charge in [-0.05, 0) is 27.6 Å². The third-order valence-electron chi connectivity index (χ3n) is 0.762. The Hall–Kier alpha value is -0.380. The highest BCUT2D eigenvalue weighted by Gasteiger charge is 1.71. The van der Waals surface area contributed by atoms with E-state index >= 15 is 0 Å². The molecule has 0 heterocycles. The SMILES string of the molecule is C=CCCCC.CN.CN.CN. The third-order valence-corrected chi connectivity index (χ3v) is 0.762. The van der Waals surface area contributed by atoms with E-state index in [0.717, 1.165) is 0 Å². The van der Waals surface area contributed by atoms with Crippen molar-refractivity contribution >= 4 is 0 Å². The van der Waals surface area contributed by atoms with Crippen molar-refractivity contribution in [3.63, 3.8) is 0 Å². The van der Waals surface area contributed by atoms with Gasteiger partial charge in [0, 0.05) is 0 Å². The first-order valence-electron chi connectivity index (χ1n) is 4.26. The molecule has 0 aliphatic carbocycles. The van der Waals surface area contributed by atoms with E-state index in [0.29, 0.717) is 0 Å². The fourth-order valence-electron chi connectivity index (χ4n) is 0.348. The normalized spacial score (nSPS) is 5.58. The fraction of sp³-hybridized carbons (Fsp3) is 0.778. The zero-order chi connectivity index (χ0) is 10.8. The summed E-state index contributed by atoms with van der Waals surface area (Å²) < 4.78 is 0. The van der Waals surface area contributed by atoms with Crippen LogP contribution in [0.4, 0.5) is 0 Å². The van der Waals surface area contributed by atoms with Gasteiger partial charge in [-0.3, -0.25) is 0 Å². The summed E-state index contributed by atoms with van der Waals surface area (Å²) in [5, 5.41) is 0. The van der Waals surface area contributed by atoms with Crippen LogP contribution in [-0.2, 0) is 0 Å². The molecule has 0 radical (unpaired) electrons. The molecule has 78 valence electrons. The number of unbranched alkanes of at least 4 members (excludes halogenated alkanes) is 2. The van der Waals surface area contributed by atoms with Crippen molar-refractivity contribution in [2.75, 3.05) is 21.1 Å². The van der Waals surface area contributed by atoms with Crippen LogP contribution in [0.15, 0.2) is 12.7 Å². The summed E-state index contributed by atoms with van der Waals surface area (Å²) in [7, 11) is 4.50. The standard InChI is InChI=1S/C6H12.3CH5N/c1-3-5-6-4-2;3*1-2/h3H,1,4-6H2,2H3;3*2H2,1H3. The van der Waals surface area contributed by atoms with Crippen molar-refractivity contribution in [3.05, 3.63) is 12.7 Å². The minimum atomic E-state index is 1.18. The molecule has 0 unspecified atom stereocenters. The molecule has 12 heavy (non-hydrogen) atoms. The predicted molar refractivity (Wildman–Crippen MR) is 60.1 cm³/mol. The van der Waals surface area contributed by atoms with Crippen LogP contribution in [0.5, 0.6) is 0 Å². The first-order chi connectivity index (χ1) is 5.91. The quantitative estimate of drug-likeness (QED) is 0.446. The number of nitrogens with two attached hydrogens (primary N) is 3. The second-order valence-corrected chi connectivity index (χ2v) is 1.43. The van der Waals surface area contributed by atoms with E-state index in [1.165, 1.54) is 40.4 Å². The molecule has 0 saturated heterocycles. The van der Waals surface area contributed by atoms with E-state index in [-0.39, 0.29) is 0 Å². The molecule has 0 bridgehead atoms. The molecular formula is C9H27N3. The van der Waals surface area contributed by atoms with Crippen molar-refractivity contribution in [2.45, 2.75) is 26.2 Å². The molecule has 0 amide bonds. The number of hydrogen-bond donors (Lipinski definition) is 3. The maximum absolute atomic E-state index is 4.50. The molecule has 0 aromatic rings. The maximum atomic E-state index is 4.50. The van der Waals surface area contributed by atoms with Crippen LogP contribution < -0.4 is 17.2 Å². The Kier molecular flexibility index (Phi) is 141. The Balaban J connectivity index is -0.0000000453. The topological polar surface area (TPSA) is 78.1 Å². The molecule has 0 spiro atoms. The van der Waals surface area contributed by atoms with Crippen molar-refractivity contribution in [3.8, 4) is 0 Å². The average molecular weight is 177 g/mol. The van der Waals surface area contributed by atoms with E-state index in [1.807, 2.05) is 6.08 Å². The van der Waals surface area contributed by atoms with Crippen molar-refractivity contribution in [2.24, 2.45) is 17.2 Å². The molecule has 6 N–H and O–H groups in total. The van der Waals surface area contributed by atoms with Gasteiger partial charge in [-0.15, -0.1) is 6.58 Å². The molecule has 0 rings (SSSR count). The highest BCUT2D eigenvalue weighted by Crippen LogP contribution is 1.91. The molecule has 3 heteroatoms. The van der Waals surface area contributed by atoms with Crippen LogP contribution in [0.25, 0.3) is 0 Å². The Morgan fingerprint density at radius 3 is 1.42 bits per heavy atom. The number of allylic oxidation sites excluding steroid dienone is 1. The first kappa shape index (κ1) is 22.6. The summed E-state index contributed by atoms with van der Waals surface area (Å²) in [6, 6.07) is 0. The lowest BCUT2D eigenvalue weighted by atomic mass is 10.3. The molecule has 0 aliphatic heterocycles. The molecule has 0 fully saturated rings. The molecule has 0 aromatic carbocycles. The summed E-state index contributed by atoms with van der Waals surface area (Å²) in [6.45, 7) is 5.78. The van der Waals surface area contributed by atoms with Crippen molar-refractivity contribution in [1.82, 2.24) is 0 Å². The highest BCUT2D eigenvalue weighted by molar-refractivity contribution is 4.64. The lowest BCUT2D eigenvalue weighted by Gasteiger charge is -1.81. The largest absolute Gasteiger partial charge is 0.333 e. The van der Waals surface area contributed by atoms with Crippen LogP contribution in [0.1, 0.15) is 26.2 Å². The zero-order valence-corrected chi connectivity index (χ0v) is 9.14. The lowest BCUT2D eigenvalue weighted by molar-refractivity contribution is 0.816. The predicted octanol–water partition coefficient (Wildman–Crippen LogP) is 1.09. The molecule has 0 aliphatic rings. The van der Waals surface area contributed by atoms with Crippen LogP contribution in [0, 0.1) is 0 Å². The van der Waals surface area contributed by atoms with Crippen LogP contribution in [-0.4, -0.2) is 21.1 Å². The summed E-state index contributed by atoms with van der Waals surface area (Å²) in [6.07, 6.45) is 5.72. The lowest BCUT2D eigenvalue weighted by Crippen LogP contribution is -1.69. The Labute approximate surface area is 78.0 Å². The van der Waals surface area contributed by atoms with Gasteiger partial charge in [-0.25, -0.2) is 0 Å². The maximum Gasteiger partial charge on any atom is -0.0195 e. The van der Waals surface area contributed by atoms with Gasteiger partial charge in [-0.2, -0.15) is 0 Å². The number of hydrogen-bond acceptors (Lipinski definition) is 3. The minimum Gasteiger partial charge on any atom is -0.333 e. The minimum absolute atomic E-state index is 1.18. The van der Waals surface area contributed by atoms with Gasteiger partial charge in [0.05, 0.1) is 0 Å². The Morgan fingerprint density at radius 1 is 1.00 bits per heavy atom. The molecular weight excluding hydrogens is 150 g/mol. The Morgan fingerprint density at radius 2 is 1.33 bits per heavy atom. The second kappa shape index (κ2) is 75.0. The van der Waals surface area contributed by atoms with Crippen molar-refractivity contribution in [1.29, 1.82) is 0 Å². The highest BCUT2D eigenvalue weighted by atomic mass is 14.4. The summed E-state index contributed by atoms with van der Waals surface area (Å²) in [5.74, 6) is 0. The van der Waals surface area contributed by atoms with Gasteiger partial charge in [0.1, 0.15) is 0 Å².